The summed E-state index contributed by atoms with van der Waals surface area (Å²) in [6.45, 7) is 3.63. The molecule has 1 N–H and O–H groups in total. The molecule has 0 aromatic carbocycles. The van der Waals surface area contributed by atoms with Crippen LogP contribution in [0.1, 0.15) is 44.3 Å². The Kier molecular flexibility index (Phi) is 3.25. The molecular weight excluding hydrogens is 266 g/mol. The number of aromatic nitrogens is 2. The fraction of sp³-hybridized carbons (Fsp3) is 0.750. The van der Waals surface area contributed by atoms with Crippen LogP contribution in [0.3, 0.4) is 0 Å². The lowest BCUT2D eigenvalue weighted by atomic mass is 10.0. The van der Waals surface area contributed by atoms with Gasteiger partial charge in [0.1, 0.15) is 6.10 Å². The third kappa shape index (κ3) is 2.59. The number of nitrogens with one attached hydrogen (secondary N) is 1. The van der Waals surface area contributed by atoms with Gasteiger partial charge in [-0.3, -0.25) is 9.48 Å². The van der Waals surface area contributed by atoms with Crippen LogP contribution in [0, 0.1) is 17.8 Å². The van der Waals surface area contributed by atoms with E-state index in [2.05, 4.69) is 17.3 Å². The third-order valence-corrected chi connectivity index (χ3v) is 5.13. The van der Waals surface area contributed by atoms with Crippen LogP contribution in [-0.2, 0) is 16.1 Å². The molecule has 0 bridgehead atoms. The van der Waals surface area contributed by atoms with Gasteiger partial charge in [-0.2, -0.15) is 5.10 Å². The van der Waals surface area contributed by atoms with Crippen molar-refractivity contribution in [2.24, 2.45) is 17.8 Å². The van der Waals surface area contributed by atoms with E-state index in [4.69, 9.17) is 4.74 Å². The van der Waals surface area contributed by atoms with Gasteiger partial charge in [0.25, 0.3) is 0 Å². The smallest absolute Gasteiger partial charge is 0.223 e. The van der Waals surface area contributed by atoms with E-state index < -0.39 is 0 Å². The molecule has 3 fully saturated rings. The van der Waals surface area contributed by atoms with E-state index in [9.17, 15) is 4.79 Å². The normalized spacial score (nSPS) is 34.9. The maximum Gasteiger partial charge on any atom is 0.223 e. The Bertz CT molecular complexity index is 537. The number of hydrogen-bond donors (Lipinski definition) is 1. The predicted molar refractivity (Wildman–Crippen MR) is 77.5 cm³/mol. The Hall–Kier alpha value is -1.36. The van der Waals surface area contributed by atoms with Gasteiger partial charge < -0.3 is 10.1 Å². The highest BCUT2D eigenvalue weighted by Gasteiger charge is 2.51. The minimum Gasteiger partial charge on any atom is -0.371 e. The number of carbonyl (C=O) groups is 1. The molecule has 1 saturated heterocycles. The number of ether oxygens (including phenoxy) is 1. The summed E-state index contributed by atoms with van der Waals surface area (Å²) in [7, 11) is 0. The van der Waals surface area contributed by atoms with Crippen LogP contribution in [-0.4, -0.2) is 28.3 Å². The molecule has 5 heteroatoms. The van der Waals surface area contributed by atoms with Crippen molar-refractivity contribution in [3.05, 3.63) is 18.0 Å². The average Bonchev–Trinajstić information content (AvgIpc) is 3.37. The van der Waals surface area contributed by atoms with Crippen molar-refractivity contribution < 1.29 is 9.53 Å². The minimum atomic E-state index is -0.0348. The second-order valence-electron chi connectivity index (χ2n) is 6.67. The van der Waals surface area contributed by atoms with Crippen molar-refractivity contribution >= 4 is 5.91 Å². The summed E-state index contributed by atoms with van der Waals surface area (Å²) in [6.07, 6.45) is 8.52. The zero-order valence-corrected chi connectivity index (χ0v) is 12.5. The van der Waals surface area contributed by atoms with Crippen molar-refractivity contribution in [2.45, 2.75) is 51.3 Å². The quantitative estimate of drug-likeness (QED) is 0.900. The zero-order valence-electron chi connectivity index (χ0n) is 12.5. The number of carbonyl (C=O) groups excluding carboxylic acids is 1. The average molecular weight is 289 g/mol. The van der Waals surface area contributed by atoms with Gasteiger partial charge in [0.05, 0.1) is 12.2 Å². The Morgan fingerprint density at radius 3 is 3.05 bits per heavy atom. The van der Waals surface area contributed by atoms with Crippen LogP contribution in [0.5, 0.6) is 0 Å². The van der Waals surface area contributed by atoms with Gasteiger partial charge in [-0.1, -0.05) is 0 Å². The van der Waals surface area contributed by atoms with Gasteiger partial charge in [0, 0.05) is 30.8 Å². The summed E-state index contributed by atoms with van der Waals surface area (Å²) in [5.74, 6) is 2.04. The lowest BCUT2D eigenvalue weighted by Crippen LogP contribution is -2.38. The molecule has 2 saturated carbocycles. The van der Waals surface area contributed by atoms with Gasteiger partial charge in [-0.25, -0.2) is 0 Å². The maximum atomic E-state index is 12.4. The lowest BCUT2D eigenvalue weighted by Gasteiger charge is -2.19. The first kappa shape index (κ1) is 13.3. The van der Waals surface area contributed by atoms with Crippen LogP contribution in [0.4, 0.5) is 0 Å². The summed E-state index contributed by atoms with van der Waals surface area (Å²) in [6, 6.07) is 0.104. The van der Waals surface area contributed by atoms with Crippen LogP contribution in [0.2, 0.25) is 0 Å². The Morgan fingerprint density at radius 2 is 2.33 bits per heavy atom. The molecule has 5 nitrogen and oxygen atoms in total. The molecule has 1 aromatic rings. The molecule has 0 spiro atoms. The Labute approximate surface area is 125 Å². The van der Waals surface area contributed by atoms with E-state index in [0.717, 1.165) is 30.9 Å². The van der Waals surface area contributed by atoms with Crippen molar-refractivity contribution in [3.8, 4) is 0 Å². The van der Waals surface area contributed by atoms with Crippen LogP contribution in [0.15, 0.2) is 12.4 Å². The van der Waals surface area contributed by atoms with E-state index in [1.54, 1.807) is 0 Å². The Balaban J connectivity index is 1.38. The van der Waals surface area contributed by atoms with E-state index in [1.807, 2.05) is 17.1 Å². The summed E-state index contributed by atoms with van der Waals surface area (Å²) in [5, 5.41) is 7.54. The van der Waals surface area contributed by atoms with Crippen molar-refractivity contribution in [1.82, 2.24) is 15.1 Å². The number of amides is 1. The first-order chi connectivity index (χ1) is 10.3. The molecule has 0 unspecified atom stereocenters. The first-order valence-corrected chi connectivity index (χ1v) is 8.20. The molecule has 2 heterocycles. The molecule has 1 amide bonds. The topological polar surface area (TPSA) is 56.1 Å². The summed E-state index contributed by atoms with van der Waals surface area (Å²) >= 11 is 0. The molecule has 1 aliphatic heterocycles. The standard InChI is InChI=1S/C16H23N3O2/c1-2-19-9-11(8-17-19)15-14(5-6-21-15)18-16(20)13-7-12(13)10-3-4-10/h8-10,12-15H,2-7H2,1H3,(H,18,20)/t12-,13+,14-,15+/m0/s1. The minimum absolute atomic E-state index is 0.0348. The van der Waals surface area contributed by atoms with Gasteiger partial charge in [-0.05, 0) is 44.4 Å². The Morgan fingerprint density at radius 1 is 1.48 bits per heavy atom. The molecule has 3 aliphatic rings. The highest BCUT2D eigenvalue weighted by molar-refractivity contribution is 5.82. The SMILES string of the molecule is CCn1cc([C@H]2OCC[C@@H]2NC(=O)[C@@H]2C[C@H]2C2CC2)cn1. The van der Waals surface area contributed by atoms with Crippen LogP contribution < -0.4 is 5.32 Å². The summed E-state index contributed by atoms with van der Waals surface area (Å²) < 4.78 is 7.73. The number of rotatable bonds is 5. The number of hydrogen-bond acceptors (Lipinski definition) is 3. The van der Waals surface area contributed by atoms with Crippen LogP contribution in [0.25, 0.3) is 0 Å². The van der Waals surface area contributed by atoms with Gasteiger partial charge in [-0.15, -0.1) is 0 Å². The van der Waals surface area contributed by atoms with E-state index in [0.29, 0.717) is 12.5 Å². The molecule has 0 radical (unpaired) electrons. The molecule has 4 rings (SSSR count). The molecule has 2 aliphatic carbocycles. The van der Waals surface area contributed by atoms with Gasteiger partial charge in [0.15, 0.2) is 0 Å². The van der Waals surface area contributed by atoms with Gasteiger partial charge in [0.2, 0.25) is 5.91 Å². The molecular formula is C16H23N3O2. The van der Waals surface area contributed by atoms with E-state index >= 15 is 0 Å². The molecule has 4 atom stereocenters. The fourth-order valence-electron chi connectivity index (χ4n) is 3.62. The highest BCUT2D eigenvalue weighted by Crippen LogP contribution is 2.54. The van der Waals surface area contributed by atoms with Crippen molar-refractivity contribution in [1.29, 1.82) is 0 Å². The van der Waals surface area contributed by atoms with Crippen molar-refractivity contribution in [2.75, 3.05) is 6.61 Å². The predicted octanol–water partition coefficient (Wildman–Crippen LogP) is 1.90. The third-order valence-electron chi connectivity index (χ3n) is 5.13. The molecule has 114 valence electrons. The highest BCUT2D eigenvalue weighted by atomic mass is 16.5. The van der Waals surface area contributed by atoms with E-state index in [1.165, 1.54) is 12.8 Å². The van der Waals surface area contributed by atoms with E-state index in [-0.39, 0.29) is 24.0 Å². The number of nitrogens with zero attached hydrogens (tertiary/aromatic N) is 2. The fourth-order valence-corrected chi connectivity index (χ4v) is 3.62. The first-order valence-electron chi connectivity index (χ1n) is 8.20. The summed E-state index contributed by atoms with van der Waals surface area (Å²) in [5.41, 5.74) is 1.08. The summed E-state index contributed by atoms with van der Waals surface area (Å²) in [4.78, 5) is 12.4. The van der Waals surface area contributed by atoms with Crippen molar-refractivity contribution in [3.63, 3.8) is 0 Å². The molecule has 1 aromatic heterocycles. The van der Waals surface area contributed by atoms with Crippen LogP contribution >= 0.6 is 0 Å². The second kappa shape index (κ2) is 5.13. The monoisotopic (exact) mass is 289 g/mol. The lowest BCUT2D eigenvalue weighted by molar-refractivity contribution is -0.123. The largest absolute Gasteiger partial charge is 0.371 e. The number of aryl methyl sites for hydroxylation is 1. The second-order valence-corrected chi connectivity index (χ2v) is 6.67. The van der Waals surface area contributed by atoms with Gasteiger partial charge >= 0.3 is 0 Å². The molecule has 21 heavy (non-hydrogen) atoms. The maximum absolute atomic E-state index is 12.4. The zero-order chi connectivity index (χ0) is 14.4.